The molecule has 3 nitrogen and oxygen atoms in total. The standard InChI is InChI=1S/C11H10BrFN2O/c12-9-3-1-2-8(11(9)13)6-15-5-4-14-10(15)7-16/h1-5,16H,6-7H2. The van der Waals surface area contributed by atoms with Crippen molar-refractivity contribution in [2.24, 2.45) is 0 Å². The Morgan fingerprint density at radius 2 is 2.25 bits per heavy atom. The van der Waals surface area contributed by atoms with Crippen molar-refractivity contribution in [3.63, 3.8) is 0 Å². The van der Waals surface area contributed by atoms with E-state index in [-0.39, 0.29) is 12.4 Å². The topological polar surface area (TPSA) is 38.1 Å². The molecule has 0 fully saturated rings. The van der Waals surface area contributed by atoms with Crippen molar-refractivity contribution in [2.45, 2.75) is 13.2 Å². The molecule has 1 aromatic carbocycles. The fourth-order valence-electron chi connectivity index (χ4n) is 1.49. The van der Waals surface area contributed by atoms with Crippen LogP contribution in [-0.2, 0) is 13.2 Å². The monoisotopic (exact) mass is 284 g/mol. The van der Waals surface area contributed by atoms with Crippen molar-refractivity contribution < 1.29 is 9.50 Å². The van der Waals surface area contributed by atoms with E-state index in [9.17, 15) is 4.39 Å². The lowest BCUT2D eigenvalue weighted by Gasteiger charge is -2.08. The van der Waals surface area contributed by atoms with Crippen molar-refractivity contribution in [2.75, 3.05) is 0 Å². The van der Waals surface area contributed by atoms with Gasteiger partial charge in [-0.05, 0) is 22.0 Å². The van der Waals surface area contributed by atoms with Gasteiger partial charge in [-0.2, -0.15) is 0 Å². The lowest BCUT2D eigenvalue weighted by atomic mass is 10.2. The normalized spacial score (nSPS) is 10.7. The van der Waals surface area contributed by atoms with Crippen molar-refractivity contribution >= 4 is 15.9 Å². The van der Waals surface area contributed by atoms with Crippen LogP contribution in [0.15, 0.2) is 35.1 Å². The molecule has 0 aliphatic rings. The maximum absolute atomic E-state index is 13.7. The van der Waals surface area contributed by atoms with Crippen LogP contribution >= 0.6 is 15.9 Å². The molecule has 16 heavy (non-hydrogen) atoms. The summed E-state index contributed by atoms with van der Waals surface area (Å²) in [5.41, 5.74) is 0.557. The Hall–Kier alpha value is -1.20. The second-order valence-electron chi connectivity index (χ2n) is 3.34. The highest BCUT2D eigenvalue weighted by atomic mass is 79.9. The van der Waals surface area contributed by atoms with E-state index in [1.54, 1.807) is 35.2 Å². The quantitative estimate of drug-likeness (QED) is 0.940. The summed E-state index contributed by atoms with van der Waals surface area (Å²) in [6.45, 7) is 0.212. The van der Waals surface area contributed by atoms with Gasteiger partial charge >= 0.3 is 0 Å². The van der Waals surface area contributed by atoms with E-state index in [1.165, 1.54) is 0 Å². The molecule has 0 atom stereocenters. The molecule has 0 aliphatic carbocycles. The maximum atomic E-state index is 13.7. The van der Waals surface area contributed by atoms with Gasteiger partial charge in [-0.15, -0.1) is 0 Å². The molecule has 1 aromatic heterocycles. The number of aliphatic hydroxyl groups excluding tert-OH is 1. The molecule has 0 saturated carbocycles. The summed E-state index contributed by atoms with van der Waals surface area (Å²) in [6, 6.07) is 5.14. The average molecular weight is 285 g/mol. The Balaban J connectivity index is 2.30. The number of nitrogens with zero attached hydrogens (tertiary/aromatic N) is 2. The van der Waals surface area contributed by atoms with Crippen molar-refractivity contribution in [3.8, 4) is 0 Å². The molecule has 1 heterocycles. The maximum Gasteiger partial charge on any atom is 0.142 e. The molecule has 5 heteroatoms. The van der Waals surface area contributed by atoms with Crippen molar-refractivity contribution in [1.82, 2.24) is 9.55 Å². The molecule has 84 valence electrons. The number of rotatable bonds is 3. The third kappa shape index (κ3) is 2.15. The van der Waals surface area contributed by atoms with Gasteiger partial charge in [0.05, 0.1) is 11.0 Å². The molecule has 0 unspecified atom stereocenters. The number of aromatic nitrogens is 2. The van der Waals surface area contributed by atoms with Gasteiger partial charge in [0, 0.05) is 18.0 Å². The molecule has 0 aliphatic heterocycles. The van der Waals surface area contributed by atoms with Crippen molar-refractivity contribution in [3.05, 3.63) is 52.3 Å². The molecule has 0 amide bonds. The fourth-order valence-corrected chi connectivity index (χ4v) is 1.90. The predicted octanol–water partition coefficient (Wildman–Crippen LogP) is 2.33. The average Bonchev–Trinajstić information content (AvgIpc) is 2.72. The number of hydrogen-bond donors (Lipinski definition) is 1. The van der Waals surface area contributed by atoms with Crippen LogP contribution in [0.4, 0.5) is 4.39 Å². The first-order valence-corrected chi connectivity index (χ1v) is 5.55. The first-order valence-electron chi connectivity index (χ1n) is 4.76. The van der Waals surface area contributed by atoms with Crippen LogP contribution in [0.5, 0.6) is 0 Å². The van der Waals surface area contributed by atoms with E-state index in [0.29, 0.717) is 22.4 Å². The molecular formula is C11H10BrFN2O. The molecule has 0 spiro atoms. The van der Waals surface area contributed by atoms with Crippen LogP contribution in [0.2, 0.25) is 0 Å². The number of halogens is 2. The summed E-state index contributed by atoms with van der Waals surface area (Å²) in [5, 5.41) is 9.02. The number of aliphatic hydroxyl groups is 1. The molecule has 2 aromatic rings. The van der Waals surface area contributed by atoms with Crippen LogP contribution in [0.1, 0.15) is 11.4 Å². The minimum absolute atomic E-state index is 0.150. The van der Waals surface area contributed by atoms with E-state index in [0.717, 1.165) is 0 Å². The molecule has 0 radical (unpaired) electrons. The highest BCUT2D eigenvalue weighted by Gasteiger charge is 2.08. The third-order valence-electron chi connectivity index (χ3n) is 2.32. The van der Waals surface area contributed by atoms with Crippen LogP contribution in [-0.4, -0.2) is 14.7 Å². The Kier molecular flexibility index (Phi) is 3.36. The van der Waals surface area contributed by atoms with Crippen molar-refractivity contribution in [1.29, 1.82) is 0 Å². The number of imidazole rings is 1. The molecular weight excluding hydrogens is 275 g/mol. The molecule has 1 N–H and O–H groups in total. The van der Waals surface area contributed by atoms with Crippen LogP contribution < -0.4 is 0 Å². The highest BCUT2D eigenvalue weighted by molar-refractivity contribution is 9.10. The van der Waals surface area contributed by atoms with E-state index in [4.69, 9.17) is 5.11 Å². The number of benzene rings is 1. The zero-order valence-corrected chi connectivity index (χ0v) is 9.98. The summed E-state index contributed by atoms with van der Waals surface area (Å²) >= 11 is 3.14. The molecule has 2 rings (SSSR count). The second-order valence-corrected chi connectivity index (χ2v) is 4.20. The predicted molar refractivity (Wildman–Crippen MR) is 61.4 cm³/mol. The summed E-state index contributed by atoms with van der Waals surface area (Å²) in [7, 11) is 0. The summed E-state index contributed by atoms with van der Waals surface area (Å²) in [5.74, 6) is 0.250. The van der Waals surface area contributed by atoms with E-state index >= 15 is 0 Å². The zero-order chi connectivity index (χ0) is 11.5. The summed E-state index contributed by atoms with van der Waals surface area (Å²) in [4.78, 5) is 3.96. The minimum Gasteiger partial charge on any atom is -0.388 e. The smallest absolute Gasteiger partial charge is 0.142 e. The first kappa shape index (κ1) is 11.3. The Bertz CT molecular complexity index is 498. The summed E-state index contributed by atoms with van der Waals surface area (Å²) in [6.07, 6.45) is 3.30. The van der Waals surface area contributed by atoms with Gasteiger partial charge < -0.3 is 9.67 Å². The van der Waals surface area contributed by atoms with E-state index in [1.807, 2.05) is 0 Å². The van der Waals surface area contributed by atoms with Crippen LogP contribution in [0.3, 0.4) is 0 Å². The minimum atomic E-state index is -0.278. The van der Waals surface area contributed by atoms with Crippen LogP contribution in [0, 0.1) is 5.82 Å². The van der Waals surface area contributed by atoms with Gasteiger partial charge in [0.2, 0.25) is 0 Å². The first-order chi connectivity index (χ1) is 7.72. The Labute approximate surface area is 101 Å². The van der Waals surface area contributed by atoms with Gasteiger partial charge in [0.15, 0.2) is 0 Å². The van der Waals surface area contributed by atoms with Gasteiger partial charge in [0.1, 0.15) is 18.2 Å². The largest absolute Gasteiger partial charge is 0.388 e. The van der Waals surface area contributed by atoms with E-state index < -0.39 is 0 Å². The second kappa shape index (κ2) is 4.76. The highest BCUT2D eigenvalue weighted by Crippen LogP contribution is 2.19. The van der Waals surface area contributed by atoms with Gasteiger partial charge in [0.25, 0.3) is 0 Å². The SMILES string of the molecule is OCc1nccn1Cc1cccc(Br)c1F. The lowest BCUT2D eigenvalue weighted by molar-refractivity contribution is 0.266. The van der Waals surface area contributed by atoms with Crippen LogP contribution in [0.25, 0.3) is 0 Å². The Morgan fingerprint density at radius 1 is 1.44 bits per heavy atom. The Morgan fingerprint density at radius 3 is 3.00 bits per heavy atom. The molecule has 0 bridgehead atoms. The zero-order valence-electron chi connectivity index (χ0n) is 8.40. The van der Waals surface area contributed by atoms with Gasteiger partial charge in [-0.25, -0.2) is 9.37 Å². The van der Waals surface area contributed by atoms with Gasteiger partial charge in [-0.3, -0.25) is 0 Å². The van der Waals surface area contributed by atoms with Gasteiger partial charge in [-0.1, -0.05) is 12.1 Å². The lowest BCUT2D eigenvalue weighted by Crippen LogP contribution is -2.05. The summed E-state index contributed by atoms with van der Waals surface area (Å²) < 4.78 is 15.8. The molecule has 0 saturated heterocycles. The third-order valence-corrected chi connectivity index (χ3v) is 2.93. The van der Waals surface area contributed by atoms with E-state index in [2.05, 4.69) is 20.9 Å². The fraction of sp³-hybridized carbons (Fsp3) is 0.182. The number of hydrogen-bond acceptors (Lipinski definition) is 2.